The summed E-state index contributed by atoms with van der Waals surface area (Å²) >= 11 is 0. The van der Waals surface area contributed by atoms with Gasteiger partial charge in [-0.05, 0) is 24.3 Å². The van der Waals surface area contributed by atoms with Gasteiger partial charge in [0.05, 0.1) is 16.8 Å². The monoisotopic (exact) mass is 382 g/mol. The van der Waals surface area contributed by atoms with E-state index >= 15 is 0 Å². The molecule has 1 heterocycles. The Labute approximate surface area is 158 Å². The van der Waals surface area contributed by atoms with Crippen LogP contribution in [-0.4, -0.2) is 43.5 Å². The molecular formula is C17H14N6O5. The molecule has 0 atom stereocenters. The second kappa shape index (κ2) is 8.40. The number of rotatable bonds is 7. The lowest BCUT2D eigenvalue weighted by molar-refractivity contribution is -0.385. The minimum atomic E-state index is -0.722. The Morgan fingerprint density at radius 1 is 1.32 bits per heavy atom. The smallest absolute Gasteiger partial charge is 0.336 e. The number of para-hydroxylation sites is 1. The normalized spacial score (nSPS) is 10.7. The summed E-state index contributed by atoms with van der Waals surface area (Å²) in [6, 6.07) is 13.0. The average Bonchev–Trinajstić information content (AvgIpc) is 3.17. The molecule has 1 aromatic heterocycles. The number of hydrogen-bond donors (Lipinski definition) is 2. The van der Waals surface area contributed by atoms with Crippen LogP contribution < -0.4 is 10.2 Å². The van der Waals surface area contributed by atoms with Gasteiger partial charge in [0, 0.05) is 11.6 Å². The fraction of sp³-hybridized carbons (Fsp3) is 0.0588. The number of carbonyl (C=O) groups excluding carboxylic acids is 1. The standard InChI is InChI=1S/C17H14N6O5/c24-15-7-6-12(8-14(15)23(26)27)9-19-20-16(25)10-28-17-18-11-22(21-17)13-4-2-1-3-5-13/h1-9,11,24H,10H2,(H,20,25). The quantitative estimate of drug-likeness (QED) is 0.357. The molecule has 0 aliphatic heterocycles. The van der Waals surface area contributed by atoms with Crippen molar-refractivity contribution in [3.05, 3.63) is 70.5 Å². The van der Waals surface area contributed by atoms with E-state index in [9.17, 15) is 20.0 Å². The number of hydrazone groups is 1. The van der Waals surface area contributed by atoms with E-state index in [2.05, 4.69) is 20.6 Å². The lowest BCUT2D eigenvalue weighted by Gasteiger charge is -2.01. The number of phenols is 1. The van der Waals surface area contributed by atoms with Gasteiger partial charge in [0.15, 0.2) is 12.4 Å². The van der Waals surface area contributed by atoms with Crippen molar-refractivity contribution in [3.8, 4) is 17.4 Å². The van der Waals surface area contributed by atoms with Crippen LogP contribution in [0.25, 0.3) is 5.69 Å². The Morgan fingerprint density at radius 2 is 2.11 bits per heavy atom. The number of benzene rings is 2. The number of nitro groups is 1. The second-order valence-corrected chi connectivity index (χ2v) is 5.39. The Balaban J connectivity index is 1.51. The summed E-state index contributed by atoms with van der Waals surface area (Å²) < 4.78 is 6.69. The van der Waals surface area contributed by atoms with Crippen LogP contribution in [0, 0.1) is 10.1 Å². The Bertz CT molecular complexity index is 1020. The molecule has 0 spiro atoms. The topological polar surface area (TPSA) is 145 Å². The minimum absolute atomic E-state index is 0.0251. The van der Waals surface area contributed by atoms with E-state index in [4.69, 9.17) is 4.74 Å². The first-order valence-electron chi connectivity index (χ1n) is 7.92. The molecule has 28 heavy (non-hydrogen) atoms. The first-order valence-corrected chi connectivity index (χ1v) is 7.92. The highest BCUT2D eigenvalue weighted by atomic mass is 16.6. The van der Waals surface area contributed by atoms with E-state index in [1.54, 1.807) is 0 Å². The summed E-state index contributed by atoms with van der Waals surface area (Å²) in [6.07, 6.45) is 2.66. The van der Waals surface area contributed by atoms with Crippen molar-refractivity contribution in [2.75, 3.05) is 6.61 Å². The first-order chi connectivity index (χ1) is 13.5. The van der Waals surface area contributed by atoms with E-state index in [1.165, 1.54) is 29.4 Å². The van der Waals surface area contributed by atoms with Gasteiger partial charge in [-0.1, -0.05) is 18.2 Å². The van der Waals surface area contributed by atoms with Crippen molar-refractivity contribution in [2.45, 2.75) is 0 Å². The molecule has 11 heteroatoms. The van der Waals surface area contributed by atoms with Crippen molar-refractivity contribution in [1.82, 2.24) is 20.2 Å². The molecule has 0 fully saturated rings. The molecule has 1 amide bonds. The molecule has 0 saturated carbocycles. The van der Waals surface area contributed by atoms with Gasteiger partial charge in [-0.25, -0.2) is 10.1 Å². The molecule has 0 unspecified atom stereocenters. The van der Waals surface area contributed by atoms with Crippen LogP contribution in [0.5, 0.6) is 11.8 Å². The highest BCUT2D eigenvalue weighted by Crippen LogP contribution is 2.25. The number of aromatic nitrogens is 3. The molecule has 0 radical (unpaired) electrons. The van der Waals surface area contributed by atoms with E-state index in [0.717, 1.165) is 11.8 Å². The predicted molar refractivity (Wildman–Crippen MR) is 97.4 cm³/mol. The first kappa shape index (κ1) is 18.5. The SMILES string of the molecule is O=C(COc1ncn(-c2ccccc2)n1)NN=Cc1ccc(O)c([N+](=O)[O-])c1. The molecular weight excluding hydrogens is 368 g/mol. The molecule has 0 aliphatic carbocycles. The second-order valence-electron chi connectivity index (χ2n) is 5.39. The number of ether oxygens (including phenoxy) is 1. The number of carbonyl (C=O) groups is 1. The number of phenolic OH excluding ortho intramolecular Hbond substituents is 1. The van der Waals surface area contributed by atoms with Gasteiger partial charge in [0.1, 0.15) is 6.33 Å². The molecule has 2 N–H and O–H groups in total. The molecule has 0 saturated heterocycles. The zero-order valence-electron chi connectivity index (χ0n) is 14.3. The summed E-state index contributed by atoms with van der Waals surface area (Å²) in [6.45, 7) is -0.369. The zero-order chi connectivity index (χ0) is 19.9. The molecule has 3 rings (SSSR count). The average molecular weight is 382 g/mol. The number of amides is 1. The summed E-state index contributed by atoms with van der Waals surface area (Å²) in [4.78, 5) is 25.8. The third kappa shape index (κ3) is 4.66. The van der Waals surface area contributed by atoms with Gasteiger partial charge in [-0.15, -0.1) is 5.10 Å². The van der Waals surface area contributed by atoms with Crippen LogP contribution in [0.3, 0.4) is 0 Å². The molecule has 0 bridgehead atoms. The van der Waals surface area contributed by atoms with Gasteiger partial charge < -0.3 is 9.84 Å². The lowest BCUT2D eigenvalue weighted by atomic mass is 10.2. The Kier molecular flexibility index (Phi) is 5.55. The summed E-state index contributed by atoms with van der Waals surface area (Å²) in [7, 11) is 0. The summed E-state index contributed by atoms with van der Waals surface area (Å²) in [5, 5.41) is 27.9. The van der Waals surface area contributed by atoms with Crippen molar-refractivity contribution in [1.29, 1.82) is 0 Å². The molecule has 0 aliphatic rings. The molecule has 2 aromatic carbocycles. The maximum Gasteiger partial charge on any atom is 0.336 e. The van der Waals surface area contributed by atoms with Crippen LogP contribution in [0.2, 0.25) is 0 Å². The van der Waals surface area contributed by atoms with Crippen molar-refractivity contribution in [2.24, 2.45) is 5.10 Å². The fourth-order valence-electron chi connectivity index (χ4n) is 2.13. The van der Waals surface area contributed by atoms with Crippen molar-refractivity contribution < 1.29 is 19.6 Å². The van der Waals surface area contributed by atoms with Gasteiger partial charge in [-0.3, -0.25) is 14.9 Å². The van der Waals surface area contributed by atoms with Crippen LogP contribution in [0.1, 0.15) is 5.56 Å². The highest BCUT2D eigenvalue weighted by Gasteiger charge is 2.13. The van der Waals surface area contributed by atoms with E-state index in [-0.39, 0.29) is 12.6 Å². The van der Waals surface area contributed by atoms with Crippen LogP contribution in [0.4, 0.5) is 5.69 Å². The maximum atomic E-state index is 11.8. The van der Waals surface area contributed by atoms with Gasteiger partial charge >= 0.3 is 11.7 Å². The fourth-order valence-corrected chi connectivity index (χ4v) is 2.13. The Morgan fingerprint density at radius 3 is 2.86 bits per heavy atom. The van der Waals surface area contributed by atoms with E-state index in [0.29, 0.717) is 5.56 Å². The zero-order valence-corrected chi connectivity index (χ0v) is 14.3. The molecule has 3 aromatic rings. The van der Waals surface area contributed by atoms with E-state index in [1.807, 2.05) is 30.3 Å². The maximum absolute atomic E-state index is 11.8. The summed E-state index contributed by atoms with van der Waals surface area (Å²) in [5.74, 6) is -1.03. The van der Waals surface area contributed by atoms with E-state index < -0.39 is 22.3 Å². The summed E-state index contributed by atoms with van der Waals surface area (Å²) in [5.41, 5.74) is 2.88. The lowest BCUT2D eigenvalue weighted by Crippen LogP contribution is -2.24. The van der Waals surface area contributed by atoms with Crippen LogP contribution in [-0.2, 0) is 4.79 Å². The van der Waals surface area contributed by atoms with Crippen LogP contribution in [0.15, 0.2) is 60.0 Å². The van der Waals surface area contributed by atoms with Gasteiger partial charge in [-0.2, -0.15) is 10.1 Å². The van der Waals surface area contributed by atoms with Crippen molar-refractivity contribution >= 4 is 17.8 Å². The minimum Gasteiger partial charge on any atom is -0.502 e. The van der Waals surface area contributed by atoms with Crippen molar-refractivity contribution in [3.63, 3.8) is 0 Å². The number of hydrogen-bond acceptors (Lipinski definition) is 8. The Hall–Kier alpha value is -4.28. The van der Waals surface area contributed by atoms with Crippen LogP contribution >= 0.6 is 0 Å². The third-order valence-corrected chi connectivity index (χ3v) is 3.42. The third-order valence-electron chi connectivity index (χ3n) is 3.42. The number of nitro benzene ring substituents is 1. The number of aromatic hydroxyl groups is 1. The number of nitrogens with one attached hydrogen (secondary N) is 1. The van der Waals surface area contributed by atoms with Gasteiger partial charge in [0.25, 0.3) is 5.91 Å². The van der Waals surface area contributed by atoms with Gasteiger partial charge in [0.2, 0.25) is 0 Å². The molecule has 11 nitrogen and oxygen atoms in total. The molecule has 142 valence electrons. The predicted octanol–water partition coefficient (Wildman–Crippen LogP) is 1.41. The largest absolute Gasteiger partial charge is 0.502 e. The number of nitrogens with zero attached hydrogens (tertiary/aromatic N) is 5. The highest BCUT2D eigenvalue weighted by molar-refractivity contribution is 5.84.